The van der Waals surface area contributed by atoms with Crippen LogP contribution in [-0.4, -0.2) is 25.0 Å². The SMILES string of the molecule is O=C1N(c2ccc3c(c2)OCCO3)C(c2ccc(Cl)cc2)C1(F)F. The Morgan fingerprint density at radius 2 is 1.71 bits per heavy atom. The van der Waals surface area contributed by atoms with Gasteiger partial charge < -0.3 is 9.47 Å². The normalized spacial score (nSPS) is 21.4. The van der Waals surface area contributed by atoms with Crippen molar-refractivity contribution in [1.29, 1.82) is 0 Å². The fourth-order valence-electron chi connectivity index (χ4n) is 2.94. The topological polar surface area (TPSA) is 38.8 Å². The summed E-state index contributed by atoms with van der Waals surface area (Å²) >= 11 is 5.81. The van der Waals surface area contributed by atoms with Crippen LogP contribution >= 0.6 is 11.6 Å². The minimum absolute atomic E-state index is 0.318. The van der Waals surface area contributed by atoms with Crippen LogP contribution in [0.2, 0.25) is 5.02 Å². The molecular formula is C17H12ClF2NO3. The Kier molecular flexibility index (Phi) is 3.38. The van der Waals surface area contributed by atoms with Crippen molar-refractivity contribution in [2.45, 2.75) is 12.0 Å². The maximum absolute atomic E-state index is 14.2. The third-order valence-electron chi connectivity index (χ3n) is 4.10. The highest BCUT2D eigenvalue weighted by Crippen LogP contribution is 2.50. The molecule has 24 heavy (non-hydrogen) atoms. The van der Waals surface area contributed by atoms with E-state index in [0.29, 0.717) is 41.0 Å². The van der Waals surface area contributed by atoms with Crippen LogP contribution in [0.1, 0.15) is 11.6 Å². The zero-order chi connectivity index (χ0) is 16.9. The molecule has 0 aromatic heterocycles. The van der Waals surface area contributed by atoms with Crippen LogP contribution in [0.5, 0.6) is 11.5 Å². The smallest absolute Gasteiger partial charge is 0.349 e. The number of alkyl halides is 2. The number of halogens is 3. The van der Waals surface area contributed by atoms with E-state index in [1.54, 1.807) is 18.2 Å². The second-order valence-electron chi connectivity index (χ2n) is 5.58. The van der Waals surface area contributed by atoms with Crippen LogP contribution < -0.4 is 14.4 Å². The van der Waals surface area contributed by atoms with Gasteiger partial charge in [-0.3, -0.25) is 9.69 Å². The number of hydrogen-bond acceptors (Lipinski definition) is 3. The largest absolute Gasteiger partial charge is 0.486 e. The van der Waals surface area contributed by atoms with E-state index in [-0.39, 0.29) is 0 Å². The average Bonchev–Trinajstić information content (AvgIpc) is 2.60. The standard InChI is InChI=1S/C17H12ClF2NO3/c18-11-3-1-10(2-4-11)15-17(19,20)16(22)21(15)12-5-6-13-14(9-12)24-8-7-23-13/h1-6,9,15H,7-8H2. The third kappa shape index (κ3) is 2.21. The number of anilines is 1. The Morgan fingerprint density at radius 3 is 2.42 bits per heavy atom. The van der Waals surface area contributed by atoms with Gasteiger partial charge in [-0.05, 0) is 29.8 Å². The Morgan fingerprint density at radius 1 is 1.04 bits per heavy atom. The Balaban J connectivity index is 1.73. The Labute approximate surface area is 141 Å². The number of carbonyl (C=O) groups is 1. The van der Waals surface area contributed by atoms with E-state index in [2.05, 4.69) is 0 Å². The molecule has 2 aliphatic heterocycles. The van der Waals surface area contributed by atoms with Gasteiger partial charge in [-0.2, -0.15) is 8.78 Å². The van der Waals surface area contributed by atoms with Gasteiger partial charge in [-0.1, -0.05) is 23.7 Å². The lowest BCUT2D eigenvalue weighted by Crippen LogP contribution is -2.64. The highest BCUT2D eigenvalue weighted by Gasteiger charge is 2.64. The minimum Gasteiger partial charge on any atom is -0.486 e. The maximum Gasteiger partial charge on any atom is 0.349 e. The quantitative estimate of drug-likeness (QED) is 0.772. The van der Waals surface area contributed by atoms with E-state index in [0.717, 1.165) is 4.90 Å². The van der Waals surface area contributed by atoms with E-state index < -0.39 is 17.9 Å². The molecule has 2 aromatic carbocycles. The first-order chi connectivity index (χ1) is 11.5. The van der Waals surface area contributed by atoms with Gasteiger partial charge in [0.25, 0.3) is 0 Å². The van der Waals surface area contributed by atoms with Gasteiger partial charge in [0.1, 0.15) is 19.3 Å². The van der Waals surface area contributed by atoms with E-state index in [4.69, 9.17) is 21.1 Å². The molecule has 0 spiro atoms. The van der Waals surface area contributed by atoms with E-state index in [9.17, 15) is 13.6 Å². The molecule has 7 heteroatoms. The monoisotopic (exact) mass is 351 g/mol. The van der Waals surface area contributed by atoms with Crippen molar-refractivity contribution in [3.63, 3.8) is 0 Å². The minimum atomic E-state index is -3.46. The fourth-order valence-corrected chi connectivity index (χ4v) is 3.07. The summed E-state index contributed by atoms with van der Waals surface area (Å²) in [4.78, 5) is 13.1. The van der Waals surface area contributed by atoms with Gasteiger partial charge in [-0.15, -0.1) is 0 Å². The molecule has 4 nitrogen and oxygen atoms in total. The number of β-lactam (4-membered cyclic amide) rings is 1. The summed E-state index contributed by atoms with van der Waals surface area (Å²) < 4.78 is 39.2. The molecule has 2 aliphatic rings. The van der Waals surface area contributed by atoms with Crippen molar-refractivity contribution in [2.24, 2.45) is 0 Å². The number of nitrogens with zero attached hydrogens (tertiary/aromatic N) is 1. The molecule has 1 unspecified atom stereocenters. The molecule has 2 aromatic rings. The van der Waals surface area contributed by atoms with Gasteiger partial charge in [0.05, 0.1) is 0 Å². The van der Waals surface area contributed by atoms with Gasteiger partial charge in [0.15, 0.2) is 11.5 Å². The lowest BCUT2D eigenvalue weighted by atomic mass is 9.89. The van der Waals surface area contributed by atoms with Crippen LogP contribution in [-0.2, 0) is 4.79 Å². The molecule has 1 atom stereocenters. The van der Waals surface area contributed by atoms with Crippen LogP contribution in [0.3, 0.4) is 0 Å². The molecule has 1 fully saturated rings. The van der Waals surface area contributed by atoms with Crippen molar-refractivity contribution in [1.82, 2.24) is 0 Å². The van der Waals surface area contributed by atoms with Crippen molar-refractivity contribution < 1.29 is 23.0 Å². The fraction of sp³-hybridized carbons (Fsp3) is 0.235. The van der Waals surface area contributed by atoms with Crippen molar-refractivity contribution >= 4 is 23.2 Å². The number of rotatable bonds is 2. The Hall–Kier alpha value is -2.34. The van der Waals surface area contributed by atoms with Crippen molar-refractivity contribution in [3.05, 3.63) is 53.1 Å². The number of ether oxygens (including phenoxy) is 2. The molecule has 4 rings (SSSR count). The summed E-state index contributed by atoms with van der Waals surface area (Å²) in [5.41, 5.74) is 0.661. The highest BCUT2D eigenvalue weighted by molar-refractivity contribution is 6.30. The summed E-state index contributed by atoms with van der Waals surface area (Å²) in [5.74, 6) is -3.72. The summed E-state index contributed by atoms with van der Waals surface area (Å²) in [6.07, 6.45) is 0. The average molecular weight is 352 g/mol. The molecule has 0 N–H and O–H groups in total. The summed E-state index contributed by atoms with van der Waals surface area (Å²) in [6.45, 7) is 0.807. The van der Waals surface area contributed by atoms with Crippen LogP contribution in [0.25, 0.3) is 0 Å². The molecule has 2 heterocycles. The number of benzene rings is 2. The Bertz CT molecular complexity index is 810. The second-order valence-corrected chi connectivity index (χ2v) is 6.02. The maximum atomic E-state index is 14.2. The number of amides is 1. The van der Waals surface area contributed by atoms with Crippen LogP contribution in [0.4, 0.5) is 14.5 Å². The molecule has 0 radical (unpaired) electrons. The molecule has 1 saturated heterocycles. The first kappa shape index (κ1) is 15.2. The molecule has 124 valence electrons. The van der Waals surface area contributed by atoms with Gasteiger partial charge >= 0.3 is 11.8 Å². The predicted molar refractivity (Wildman–Crippen MR) is 84.1 cm³/mol. The zero-order valence-corrected chi connectivity index (χ0v) is 13.1. The van der Waals surface area contributed by atoms with Gasteiger partial charge in [0.2, 0.25) is 0 Å². The predicted octanol–water partition coefficient (Wildman–Crippen LogP) is 3.83. The summed E-state index contributed by atoms with van der Waals surface area (Å²) in [6, 6.07) is 9.41. The highest BCUT2D eigenvalue weighted by atomic mass is 35.5. The number of carbonyl (C=O) groups excluding carboxylic acids is 1. The second kappa shape index (κ2) is 5.34. The first-order valence-corrected chi connectivity index (χ1v) is 7.73. The van der Waals surface area contributed by atoms with Crippen LogP contribution in [0.15, 0.2) is 42.5 Å². The van der Waals surface area contributed by atoms with E-state index >= 15 is 0 Å². The zero-order valence-electron chi connectivity index (χ0n) is 12.3. The number of fused-ring (bicyclic) bond motifs is 1. The van der Waals surface area contributed by atoms with Crippen molar-refractivity contribution in [2.75, 3.05) is 18.1 Å². The molecule has 0 aliphatic carbocycles. The molecular weight excluding hydrogens is 340 g/mol. The number of hydrogen-bond donors (Lipinski definition) is 0. The van der Waals surface area contributed by atoms with E-state index in [1.165, 1.54) is 24.3 Å². The lowest BCUT2D eigenvalue weighted by Gasteiger charge is -2.46. The van der Waals surface area contributed by atoms with Gasteiger partial charge in [0, 0.05) is 16.8 Å². The summed E-state index contributed by atoms with van der Waals surface area (Å²) in [5, 5.41) is 0.443. The van der Waals surface area contributed by atoms with Gasteiger partial charge in [-0.25, -0.2) is 0 Å². The molecule has 1 amide bonds. The first-order valence-electron chi connectivity index (χ1n) is 7.35. The third-order valence-corrected chi connectivity index (χ3v) is 4.35. The molecule has 0 saturated carbocycles. The van der Waals surface area contributed by atoms with E-state index in [1.807, 2.05) is 0 Å². The lowest BCUT2D eigenvalue weighted by molar-refractivity contribution is -0.162. The van der Waals surface area contributed by atoms with Crippen molar-refractivity contribution in [3.8, 4) is 11.5 Å². The summed E-state index contributed by atoms with van der Waals surface area (Å²) in [7, 11) is 0. The van der Waals surface area contributed by atoms with Crippen LogP contribution in [0, 0.1) is 0 Å². The molecule has 0 bridgehead atoms.